The molecule has 9 rings (SSSR count). The summed E-state index contributed by atoms with van der Waals surface area (Å²) in [6.45, 7) is 7.97. The minimum atomic E-state index is -1.32. The molecule has 0 radical (unpaired) electrons. The number of nitrogens with one attached hydrogen (secondary N) is 2. The quantitative estimate of drug-likeness (QED) is 0.0320. The van der Waals surface area contributed by atoms with Gasteiger partial charge >= 0.3 is 12.2 Å². The van der Waals surface area contributed by atoms with Crippen LogP contribution in [0.2, 0.25) is 0 Å². The van der Waals surface area contributed by atoms with E-state index in [-0.39, 0.29) is 76.5 Å². The van der Waals surface area contributed by atoms with Crippen molar-refractivity contribution >= 4 is 12.2 Å². The van der Waals surface area contributed by atoms with Crippen LogP contribution >= 0.6 is 0 Å². The summed E-state index contributed by atoms with van der Waals surface area (Å²) in [7, 11) is 3.25. The second kappa shape index (κ2) is 25.7. The van der Waals surface area contributed by atoms with E-state index in [4.69, 9.17) is 33.2 Å². The van der Waals surface area contributed by atoms with E-state index in [1.54, 1.807) is 14.2 Å². The summed E-state index contributed by atoms with van der Waals surface area (Å²) >= 11 is 0. The summed E-state index contributed by atoms with van der Waals surface area (Å²) in [6, 6.07) is 60.2. The largest absolute Gasteiger partial charge is 0.497 e. The summed E-state index contributed by atoms with van der Waals surface area (Å²) in [5.41, 5.74) is 8.50. The highest BCUT2D eigenvalue weighted by molar-refractivity contribution is 5.80. The Kier molecular flexibility index (Phi) is 18.1. The second-order valence-electron chi connectivity index (χ2n) is 20.7. The van der Waals surface area contributed by atoms with E-state index < -0.39 is 29.6 Å². The zero-order chi connectivity index (χ0) is 55.4. The molecule has 1 atom stereocenters. The number of rotatable bonds is 25. The molecule has 2 N–H and O–H groups in total. The lowest BCUT2D eigenvalue weighted by Crippen LogP contribution is -2.55. The zero-order valence-electron chi connectivity index (χ0n) is 45.9. The van der Waals surface area contributed by atoms with Crippen molar-refractivity contribution in [2.45, 2.75) is 70.1 Å². The highest BCUT2D eigenvalue weighted by atomic mass is 16.7. The molecule has 0 spiro atoms. The fourth-order valence-electron chi connectivity index (χ4n) is 11.2. The Morgan fingerprint density at radius 1 is 0.532 bits per heavy atom. The second-order valence-corrected chi connectivity index (χ2v) is 20.7. The van der Waals surface area contributed by atoms with Crippen LogP contribution in [0.3, 0.4) is 0 Å². The van der Waals surface area contributed by atoms with Crippen molar-refractivity contribution < 1.29 is 42.7 Å². The number of benzene rings is 7. The zero-order valence-corrected chi connectivity index (χ0v) is 45.9. The van der Waals surface area contributed by atoms with Crippen LogP contribution in [0.5, 0.6) is 11.5 Å². The summed E-state index contributed by atoms with van der Waals surface area (Å²) in [6.07, 6.45) is -2.15. The van der Waals surface area contributed by atoms with E-state index in [1.807, 2.05) is 127 Å². The molecule has 0 fully saturated rings. The van der Waals surface area contributed by atoms with Gasteiger partial charge in [0.1, 0.15) is 30.3 Å². The number of alkyl carbamates (subject to hydrolysis) is 2. The van der Waals surface area contributed by atoms with Gasteiger partial charge in [-0.05, 0) is 113 Å². The molecule has 7 aromatic carbocycles. The fourth-order valence-corrected chi connectivity index (χ4v) is 11.2. The molecule has 0 heterocycles. The van der Waals surface area contributed by atoms with Gasteiger partial charge in [0.25, 0.3) is 0 Å². The van der Waals surface area contributed by atoms with Gasteiger partial charge in [0.15, 0.2) is 0 Å². The molecule has 0 aromatic heterocycles. The number of fused-ring (bicyclic) bond motifs is 6. The van der Waals surface area contributed by atoms with Gasteiger partial charge in [-0.2, -0.15) is 5.26 Å². The minimum Gasteiger partial charge on any atom is -0.497 e. The Morgan fingerprint density at radius 3 is 1.32 bits per heavy atom. The molecular formula is C66H70N4O9. The number of nitrogens with zero attached hydrogens (tertiary/aromatic N) is 2. The molecule has 79 heavy (non-hydrogen) atoms. The molecule has 0 saturated heterocycles. The Morgan fingerprint density at radius 2 is 0.924 bits per heavy atom. The number of carbonyl (C=O) groups excluding carboxylic acids is 2. The predicted octanol–water partition coefficient (Wildman–Crippen LogP) is 12.4. The number of hydrogen-bond donors (Lipinski definition) is 2. The van der Waals surface area contributed by atoms with Crippen molar-refractivity contribution in [2.75, 3.05) is 60.3 Å². The van der Waals surface area contributed by atoms with Crippen molar-refractivity contribution in [1.29, 1.82) is 5.26 Å². The summed E-state index contributed by atoms with van der Waals surface area (Å²) in [5.74, 6) is 0.944. The highest BCUT2D eigenvalue weighted by Crippen LogP contribution is 2.47. The fraction of sp³-hybridized carbons (Fsp3) is 0.318. The molecule has 7 aromatic rings. The number of amides is 2. The van der Waals surface area contributed by atoms with Crippen LogP contribution in [0, 0.1) is 16.7 Å². The van der Waals surface area contributed by atoms with Gasteiger partial charge < -0.3 is 43.8 Å². The van der Waals surface area contributed by atoms with Gasteiger partial charge in [-0.25, -0.2) is 9.59 Å². The average Bonchev–Trinajstić information content (AvgIpc) is 4.10. The molecule has 1 unspecified atom stereocenters. The van der Waals surface area contributed by atoms with Crippen molar-refractivity contribution in [3.8, 4) is 39.8 Å². The maximum Gasteiger partial charge on any atom is 0.407 e. The molecule has 13 heteroatoms. The SMILES string of the molecule is COc1ccc(C(OCC(CNC(=O)OCC2c3ccccc3-c3ccccc32)(CNC(=O)OCC2c3ccccc3-c3ccccc32)COC(OCCC#N)N(C(C)C)C(C)C)(c2ccccc2)c2ccc(OC)cc2)cc1. The van der Waals surface area contributed by atoms with Gasteiger partial charge in [0, 0.05) is 37.0 Å². The Labute approximate surface area is 464 Å². The van der Waals surface area contributed by atoms with Crippen LogP contribution < -0.4 is 20.1 Å². The number of carbonyl (C=O) groups is 2. The average molecular weight is 1060 g/mol. The molecule has 408 valence electrons. The van der Waals surface area contributed by atoms with Crippen LogP contribution in [0.1, 0.15) is 84.9 Å². The van der Waals surface area contributed by atoms with Crippen molar-refractivity contribution in [2.24, 2.45) is 5.41 Å². The number of hydrogen-bond acceptors (Lipinski definition) is 11. The van der Waals surface area contributed by atoms with Crippen LogP contribution in [-0.4, -0.2) is 95.9 Å². The van der Waals surface area contributed by atoms with Crippen LogP contribution in [0.15, 0.2) is 176 Å². The van der Waals surface area contributed by atoms with E-state index in [9.17, 15) is 14.9 Å². The first kappa shape index (κ1) is 55.8. The number of ether oxygens (including phenoxy) is 7. The monoisotopic (exact) mass is 1060 g/mol. The first-order valence-electron chi connectivity index (χ1n) is 27.0. The van der Waals surface area contributed by atoms with Gasteiger partial charge in [-0.1, -0.05) is 152 Å². The third-order valence-corrected chi connectivity index (χ3v) is 15.1. The molecule has 13 nitrogen and oxygen atoms in total. The van der Waals surface area contributed by atoms with E-state index in [0.717, 1.165) is 61.2 Å². The van der Waals surface area contributed by atoms with Crippen molar-refractivity contribution in [1.82, 2.24) is 15.5 Å². The van der Waals surface area contributed by atoms with Gasteiger partial charge in [-0.15, -0.1) is 0 Å². The minimum absolute atomic E-state index is 0.0495. The molecule has 2 aliphatic rings. The van der Waals surface area contributed by atoms with Gasteiger partial charge in [0.2, 0.25) is 6.41 Å². The highest BCUT2D eigenvalue weighted by Gasteiger charge is 2.44. The van der Waals surface area contributed by atoms with Crippen LogP contribution in [-0.2, 0) is 29.3 Å². The third-order valence-electron chi connectivity index (χ3n) is 15.1. The maximum absolute atomic E-state index is 14.4. The van der Waals surface area contributed by atoms with E-state index in [2.05, 4.69) is 97.8 Å². The van der Waals surface area contributed by atoms with E-state index >= 15 is 0 Å². The number of methoxy groups -OCH3 is 2. The molecule has 0 saturated carbocycles. The van der Waals surface area contributed by atoms with Gasteiger partial charge in [0.05, 0.1) is 51.9 Å². The normalized spacial score (nSPS) is 13.3. The topological polar surface area (TPSA) is 150 Å². The lowest BCUT2D eigenvalue weighted by Gasteiger charge is -2.43. The lowest BCUT2D eigenvalue weighted by molar-refractivity contribution is -0.253. The summed E-state index contributed by atoms with van der Waals surface area (Å²) in [4.78, 5) is 30.9. The lowest BCUT2D eigenvalue weighted by atomic mass is 9.79. The van der Waals surface area contributed by atoms with E-state index in [1.165, 1.54) is 0 Å². The molecule has 0 aliphatic heterocycles. The van der Waals surface area contributed by atoms with Crippen molar-refractivity contribution in [3.63, 3.8) is 0 Å². The smallest absolute Gasteiger partial charge is 0.407 e. The maximum atomic E-state index is 14.4. The summed E-state index contributed by atoms with van der Waals surface area (Å²) in [5, 5.41) is 15.8. The van der Waals surface area contributed by atoms with Gasteiger partial charge in [-0.3, -0.25) is 4.90 Å². The summed E-state index contributed by atoms with van der Waals surface area (Å²) < 4.78 is 44.7. The number of nitriles is 1. The molecule has 2 amide bonds. The molecule has 0 bridgehead atoms. The molecule has 2 aliphatic carbocycles. The first-order valence-corrected chi connectivity index (χ1v) is 27.0. The van der Waals surface area contributed by atoms with Crippen LogP contribution in [0.4, 0.5) is 9.59 Å². The third kappa shape index (κ3) is 12.3. The van der Waals surface area contributed by atoms with Crippen molar-refractivity contribution in [3.05, 3.63) is 215 Å². The Balaban J connectivity index is 1.10. The standard InChI is InChI=1S/C66H70N4O9/c1-45(2)70(46(3)4)64(75-38-18-37-67)78-43-65(41-68-62(71)76-39-60-56-25-14-10-21-52(56)53-22-11-15-26-57(53)60,42-69-63(72)77-40-61-58-27-16-12-23-54(58)55-24-13-17-28-59(55)61)44-79-66(47-19-8-7-9-20-47,48-29-33-50(73-5)34-30-48)49-31-35-51(74-6)36-32-49/h7-17,19-36,45-46,60-61,64H,18,38-44H2,1-6H3,(H,68,71)(H,69,72). The Bertz CT molecular complexity index is 2930. The molecular weight excluding hydrogens is 993 g/mol. The van der Waals surface area contributed by atoms with Crippen LogP contribution in [0.25, 0.3) is 22.3 Å². The van der Waals surface area contributed by atoms with E-state index in [0.29, 0.717) is 11.5 Å². The first-order chi connectivity index (χ1) is 38.5. The Hall–Kier alpha value is -7.99. The predicted molar refractivity (Wildman–Crippen MR) is 305 cm³/mol.